The second-order valence-electron chi connectivity index (χ2n) is 5.39. The summed E-state index contributed by atoms with van der Waals surface area (Å²) in [6, 6.07) is 9.13. The summed E-state index contributed by atoms with van der Waals surface area (Å²) in [6.07, 6.45) is -0.760. The summed E-state index contributed by atoms with van der Waals surface area (Å²) in [5.41, 5.74) is 1.07. The molecule has 0 saturated carbocycles. The minimum absolute atomic E-state index is 0.139. The third-order valence-corrected chi connectivity index (χ3v) is 3.95. The molecule has 124 valence electrons. The third-order valence-electron chi connectivity index (χ3n) is 3.59. The van der Waals surface area contributed by atoms with Gasteiger partial charge >= 0.3 is 0 Å². The molecule has 1 atom stereocenters. The van der Waals surface area contributed by atoms with Crippen molar-refractivity contribution in [1.29, 1.82) is 0 Å². The summed E-state index contributed by atoms with van der Waals surface area (Å²) >= 11 is 5.92. The molecule has 0 aliphatic carbocycles. The van der Waals surface area contributed by atoms with Crippen molar-refractivity contribution in [3.8, 4) is 5.75 Å². The van der Waals surface area contributed by atoms with Crippen LogP contribution in [0.3, 0.4) is 0 Å². The van der Waals surface area contributed by atoms with Crippen molar-refractivity contribution in [3.63, 3.8) is 0 Å². The number of halogens is 2. The number of anilines is 2. The lowest BCUT2D eigenvalue weighted by Gasteiger charge is -2.23. The number of carbonyl (C=O) groups excluding carboxylic acids is 2. The van der Waals surface area contributed by atoms with Gasteiger partial charge in [0, 0.05) is 16.3 Å². The van der Waals surface area contributed by atoms with Crippen LogP contribution in [0.15, 0.2) is 36.4 Å². The van der Waals surface area contributed by atoms with Gasteiger partial charge in [-0.05, 0) is 37.3 Å². The van der Waals surface area contributed by atoms with Gasteiger partial charge in [0.25, 0.3) is 5.91 Å². The molecule has 24 heavy (non-hydrogen) atoms. The van der Waals surface area contributed by atoms with E-state index in [2.05, 4.69) is 10.6 Å². The Labute approximate surface area is 142 Å². The predicted molar refractivity (Wildman–Crippen MR) is 88.9 cm³/mol. The first-order valence-corrected chi connectivity index (χ1v) is 7.66. The fraction of sp³-hybridized carbons (Fsp3) is 0.176. The number of carbonyl (C=O) groups is 2. The number of hydrogen-bond donors (Lipinski definition) is 2. The Morgan fingerprint density at radius 3 is 2.92 bits per heavy atom. The number of nitrogens with one attached hydrogen (secondary N) is 2. The average molecular weight is 349 g/mol. The van der Waals surface area contributed by atoms with E-state index in [9.17, 15) is 14.0 Å². The quantitative estimate of drug-likeness (QED) is 0.893. The third kappa shape index (κ3) is 3.33. The van der Waals surface area contributed by atoms with Crippen molar-refractivity contribution in [2.45, 2.75) is 19.4 Å². The maximum Gasteiger partial charge on any atom is 0.265 e. The monoisotopic (exact) mass is 348 g/mol. The molecule has 2 aromatic carbocycles. The molecule has 1 aliphatic heterocycles. The molecule has 1 aliphatic rings. The Hall–Kier alpha value is -2.60. The van der Waals surface area contributed by atoms with Gasteiger partial charge in [-0.25, -0.2) is 4.39 Å². The van der Waals surface area contributed by atoms with Crippen LogP contribution < -0.4 is 15.4 Å². The first kappa shape index (κ1) is 16.3. The Bertz CT molecular complexity index is 805. The first-order valence-electron chi connectivity index (χ1n) is 7.28. The van der Waals surface area contributed by atoms with E-state index in [0.29, 0.717) is 17.1 Å². The number of hydrogen-bond acceptors (Lipinski definition) is 3. The molecule has 5 nitrogen and oxygen atoms in total. The van der Waals surface area contributed by atoms with Crippen LogP contribution in [0.5, 0.6) is 5.75 Å². The lowest BCUT2D eigenvalue weighted by atomic mass is 10.1. The van der Waals surface area contributed by atoms with E-state index in [1.54, 1.807) is 25.1 Å². The van der Waals surface area contributed by atoms with Crippen LogP contribution in [0.25, 0.3) is 0 Å². The molecule has 3 rings (SSSR count). The highest BCUT2D eigenvalue weighted by molar-refractivity contribution is 6.31. The van der Waals surface area contributed by atoms with E-state index in [4.69, 9.17) is 16.3 Å². The highest BCUT2D eigenvalue weighted by atomic mass is 35.5. The first-order chi connectivity index (χ1) is 11.4. The SMILES string of the molecule is CC1Oc2ccc(NC(=O)Cc3c(F)cccc3Cl)cc2NC1=O. The van der Waals surface area contributed by atoms with Gasteiger partial charge in [-0.15, -0.1) is 0 Å². The zero-order valence-electron chi connectivity index (χ0n) is 12.7. The lowest BCUT2D eigenvalue weighted by Crippen LogP contribution is -2.34. The van der Waals surface area contributed by atoms with E-state index in [1.807, 2.05) is 0 Å². The zero-order valence-corrected chi connectivity index (χ0v) is 13.5. The van der Waals surface area contributed by atoms with E-state index in [-0.39, 0.29) is 22.9 Å². The summed E-state index contributed by atoms with van der Waals surface area (Å²) in [5, 5.41) is 5.54. The Kier molecular flexibility index (Phi) is 4.40. The number of fused-ring (bicyclic) bond motifs is 1. The molecule has 7 heteroatoms. The van der Waals surface area contributed by atoms with Gasteiger partial charge in [0.05, 0.1) is 12.1 Å². The van der Waals surface area contributed by atoms with Crippen LogP contribution >= 0.6 is 11.6 Å². The Balaban J connectivity index is 1.74. The van der Waals surface area contributed by atoms with E-state index in [0.717, 1.165) is 0 Å². The van der Waals surface area contributed by atoms with Gasteiger partial charge in [0.2, 0.25) is 5.91 Å². The van der Waals surface area contributed by atoms with Crippen LogP contribution in [-0.4, -0.2) is 17.9 Å². The predicted octanol–water partition coefficient (Wildman–Crippen LogP) is 3.38. The molecular formula is C17H14ClFN2O3. The van der Waals surface area contributed by atoms with E-state index >= 15 is 0 Å². The number of ether oxygens (including phenoxy) is 1. The summed E-state index contributed by atoms with van der Waals surface area (Å²) < 4.78 is 19.2. The molecule has 0 radical (unpaired) electrons. The second kappa shape index (κ2) is 6.49. The molecule has 0 aromatic heterocycles. The lowest BCUT2D eigenvalue weighted by molar-refractivity contribution is -0.122. The van der Waals surface area contributed by atoms with Gasteiger partial charge in [-0.1, -0.05) is 17.7 Å². The molecule has 0 fully saturated rings. The average Bonchev–Trinajstić information content (AvgIpc) is 2.52. The molecule has 2 N–H and O–H groups in total. The second-order valence-corrected chi connectivity index (χ2v) is 5.79. The molecule has 0 bridgehead atoms. The molecule has 0 spiro atoms. The van der Waals surface area contributed by atoms with Crippen molar-refractivity contribution < 1.29 is 18.7 Å². The number of rotatable bonds is 3. The highest BCUT2D eigenvalue weighted by Crippen LogP contribution is 2.32. The van der Waals surface area contributed by atoms with Gasteiger partial charge in [0.15, 0.2) is 6.10 Å². The van der Waals surface area contributed by atoms with Crippen molar-refractivity contribution in [1.82, 2.24) is 0 Å². The van der Waals surface area contributed by atoms with Gasteiger partial charge in [-0.2, -0.15) is 0 Å². The standard InChI is InChI=1S/C17H14ClFN2O3/c1-9-17(23)21-14-7-10(5-6-15(14)24-9)20-16(22)8-11-12(18)3-2-4-13(11)19/h2-7,9H,8H2,1H3,(H,20,22)(H,21,23). The summed E-state index contributed by atoms with van der Waals surface area (Å²) in [5.74, 6) is -0.683. The molecule has 2 aromatic rings. The topological polar surface area (TPSA) is 67.4 Å². The summed E-state index contributed by atoms with van der Waals surface area (Å²) in [7, 11) is 0. The van der Waals surface area contributed by atoms with Crippen molar-refractivity contribution >= 4 is 34.8 Å². The van der Waals surface area contributed by atoms with Crippen LogP contribution in [0.1, 0.15) is 12.5 Å². The smallest absolute Gasteiger partial charge is 0.265 e. The molecule has 1 unspecified atom stereocenters. The van der Waals surface area contributed by atoms with E-state index < -0.39 is 17.8 Å². The molecule has 1 heterocycles. The van der Waals surface area contributed by atoms with Gasteiger partial charge < -0.3 is 15.4 Å². The summed E-state index contributed by atoms with van der Waals surface area (Å²) in [6.45, 7) is 1.64. The minimum atomic E-state index is -0.568. The molecule has 2 amide bonds. The maximum absolute atomic E-state index is 13.7. The normalized spacial score (nSPS) is 16.0. The maximum atomic E-state index is 13.7. The fourth-order valence-electron chi connectivity index (χ4n) is 2.35. The minimum Gasteiger partial charge on any atom is -0.479 e. The van der Waals surface area contributed by atoms with E-state index in [1.165, 1.54) is 18.2 Å². The fourth-order valence-corrected chi connectivity index (χ4v) is 2.58. The largest absolute Gasteiger partial charge is 0.479 e. The number of amides is 2. The zero-order chi connectivity index (χ0) is 17.3. The van der Waals surface area contributed by atoms with Crippen molar-refractivity contribution in [2.75, 3.05) is 10.6 Å². The van der Waals surface area contributed by atoms with Crippen LogP contribution in [-0.2, 0) is 16.0 Å². The van der Waals surface area contributed by atoms with Crippen LogP contribution in [0, 0.1) is 5.82 Å². The van der Waals surface area contributed by atoms with Gasteiger partial charge in [-0.3, -0.25) is 9.59 Å². The Morgan fingerprint density at radius 1 is 1.38 bits per heavy atom. The van der Waals surface area contributed by atoms with Crippen LogP contribution in [0.2, 0.25) is 5.02 Å². The molecular weight excluding hydrogens is 335 g/mol. The summed E-state index contributed by atoms with van der Waals surface area (Å²) in [4.78, 5) is 23.7. The van der Waals surface area contributed by atoms with Crippen molar-refractivity contribution in [3.05, 3.63) is 52.8 Å². The van der Waals surface area contributed by atoms with Gasteiger partial charge in [0.1, 0.15) is 11.6 Å². The van der Waals surface area contributed by atoms with Crippen molar-refractivity contribution in [2.24, 2.45) is 0 Å². The number of benzene rings is 2. The molecule has 0 saturated heterocycles. The highest BCUT2D eigenvalue weighted by Gasteiger charge is 2.23. The van der Waals surface area contributed by atoms with Crippen LogP contribution in [0.4, 0.5) is 15.8 Å². The Morgan fingerprint density at radius 2 is 2.17 bits per heavy atom.